The van der Waals surface area contributed by atoms with Crippen LogP contribution in [0.1, 0.15) is 12.5 Å². The Balaban J connectivity index is 1.74. The molecule has 0 aliphatic heterocycles. The van der Waals surface area contributed by atoms with Gasteiger partial charge in [0.05, 0.1) is 10.0 Å². The van der Waals surface area contributed by atoms with Crippen molar-refractivity contribution < 1.29 is 18.7 Å². The van der Waals surface area contributed by atoms with Crippen molar-refractivity contribution in [1.29, 1.82) is 0 Å². The van der Waals surface area contributed by atoms with Crippen LogP contribution in [0.4, 0.5) is 0 Å². The van der Waals surface area contributed by atoms with Gasteiger partial charge in [0.1, 0.15) is 11.5 Å². The second-order valence-corrected chi connectivity index (χ2v) is 6.21. The third kappa shape index (κ3) is 4.06. The molecule has 0 amide bonds. The van der Waals surface area contributed by atoms with Crippen LogP contribution in [0.15, 0.2) is 57.7 Å². The molecule has 0 spiro atoms. The van der Waals surface area contributed by atoms with Gasteiger partial charge in [0.2, 0.25) is 6.39 Å². The Morgan fingerprint density at radius 1 is 1.20 bits per heavy atom. The van der Waals surface area contributed by atoms with Crippen LogP contribution in [0, 0.1) is 6.92 Å². The number of para-hydroxylation sites is 1. The summed E-state index contributed by atoms with van der Waals surface area (Å²) >= 11 is 3.42. The molecule has 128 valence electrons. The first kappa shape index (κ1) is 17.2. The molecule has 0 saturated heterocycles. The maximum absolute atomic E-state index is 12.4. The molecule has 1 heterocycles. The Labute approximate surface area is 152 Å². The fourth-order valence-electron chi connectivity index (χ4n) is 2.15. The lowest BCUT2D eigenvalue weighted by Crippen LogP contribution is -2.28. The van der Waals surface area contributed by atoms with Gasteiger partial charge >= 0.3 is 5.97 Å². The maximum atomic E-state index is 12.4. The maximum Gasteiger partial charge on any atom is 0.352 e. The molecule has 1 atom stereocenters. The Kier molecular flexibility index (Phi) is 5.14. The quantitative estimate of drug-likeness (QED) is 0.470. The van der Waals surface area contributed by atoms with Crippen LogP contribution in [0.2, 0.25) is 0 Å². The molecule has 0 N–H and O–H groups in total. The van der Waals surface area contributed by atoms with Crippen molar-refractivity contribution in [2.75, 3.05) is 0 Å². The second-order valence-electron chi connectivity index (χ2n) is 5.36. The smallest absolute Gasteiger partial charge is 0.352 e. The Morgan fingerprint density at radius 3 is 2.72 bits per heavy atom. The minimum Gasteiger partial charge on any atom is -0.478 e. The number of aryl methyl sites for hydroxylation is 1. The van der Waals surface area contributed by atoms with Crippen LogP contribution in [0.25, 0.3) is 11.5 Å². The van der Waals surface area contributed by atoms with Gasteiger partial charge in [-0.25, -0.2) is 4.79 Å². The van der Waals surface area contributed by atoms with Crippen molar-refractivity contribution >= 4 is 21.9 Å². The third-order valence-electron chi connectivity index (χ3n) is 3.41. The van der Waals surface area contributed by atoms with E-state index in [-0.39, 0.29) is 5.89 Å². The number of esters is 1. The first-order chi connectivity index (χ1) is 12.0. The highest BCUT2D eigenvalue weighted by Gasteiger charge is 2.21. The Morgan fingerprint density at radius 2 is 2.00 bits per heavy atom. The molecule has 3 rings (SSSR count). The largest absolute Gasteiger partial charge is 0.478 e. The topological polar surface area (TPSA) is 74.5 Å². The van der Waals surface area contributed by atoms with Crippen LogP contribution in [0.3, 0.4) is 0 Å². The van der Waals surface area contributed by atoms with Gasteiger partial charge in [-0.3, -0.25) is 0 Å². The van der Waals surface area contributed by atoms with E-state index in [9.17, 15) is 4.79 Å². The summed E-state index contributed by atoms with van der Waals surface area (Å²) in [5.74, 6) is 0.646. The van der Waals surface area contributed by atoms with E-state index in [0.717, 1.165) is 10.0 Å². The molecule has 6 nitrogen and oxygen atoms in total. The number of rotatable bonds is 5. The number of hydrogen-bond acceptors (Lipinski definition) is 6. The normalized spacial score (nSPS) is 11.8. The van der Waals surface area contributed by atoms with E-state index in [2.05, 4.69) is 26.1 Å². The van der Waals surface area contributed by atoms with Crippen molar-refractivity contribution in [3.63, 3.8) is 0 Å². The van der Waals surface area contributed by atoms with Gasteiger partial charge in [-0.15, -0.1) is 10.2 Å². The van der Waals surface area contributed by atoms with Gasteiger partial charge in [0.15, 0.2) is 6.10 Å². The van der Waals surface area contributed by atoms with Gasteiger partial charge in [-0.05, 0) is 59.6 Å². The number of hydrogen-bond donors (Lipinski definition) is 0. The van der Waals surface area contributed by atoms with Crippen molar-refractivity contribution in [2.24, 2.45) is 0 Å². The lowest BCUT2D eigenvalue weighted by atomic mass is 10.2. The molecule has 0 aliphatic rings. The van der Waals surface area contributed by atoms with Crippen LogP contribution < -0.4 is 9.47 Å². The Hall–Kier alpha value is -2.67. The average molecular weight is 403 g/mol. The molecule has 1 unspecified atom stereocenters. The summed E-state index contributed by atoms with van der Waals surface area (Å²) in [6, 6.07) is 12.6. The lowest BCUT2D eigenvalue weighted by Gasteiger charge is -2.16. The van der Waals surface area contributed by atoms with Crippen molar-refractivity contribution in [3.05, 3.63) is 58.9 Å². The summed E-state index contributed by atoms with van der Waals surface area (Å²) in [6.07, 6.45) is 0.420. The molecule has 7 heteroatoms. The molecule has 0 aliphatic carbocycles. The van der Waals surface area contributed by atoms with Gasteiger partial charge in [0, 0.05) is 0 Å². The molecule has 0 bridgehead atoms. The van der Waals surface area contributed by atoms with Crippen molar-refractivity contribution in [2.45, 2.75) is 20.0 Å². The van der Waals surface area contributed by atoms with E-state index < -0.39 is 12.1 Å². The van der Waals surface area contributed by atoms with E-state index in [0.29, 0.717) is 17.1 Å². The van der Waals surface area contributed by atoms with Gasteiger partial charge in [-0.1, -0.05) is 18.2 Å². The molecule has 0 fully saturated rings. The summed E-state index contributed by atoms with van der Waals surface area (Å²) in [4.78, 5) is 12.4. The fourth-order valence-corrected chi connectivity index (χ4v) is 2.74. The second kappa shape index (κ2) is 7.48. The standard InChI is InChI=1S/C18H15BrN2O4/c1-11-7-8-16(14(19)9-11)24-12(2)18(22)25-15-6-4-3-5-13(15)17-21-20-10-23-17/h3-10,12H,1-2H3. The monoisotopic (exact) mass is 402 g/mol. The molecule has 2 aromatic carbocycles. The summed E-state index contributed by atoms with van der Waals surface area (Å²) in [5, 5.41) is 7.48. The average Bonchev–Trinajstić information content (AvgIpc) is 3.12. The van der Waals surface area contributed by atoms with E-state index in [1.807, 2.05) is 19.1 Å². The zero-order valence-corrected chi connectivity index (χ0v) is 15.2. The summed E-state index contributed by atoms with van der Waals surface area (Å²) in [7, 11) is 0. The van der Waals surface area contributed by atoms with Crippen LogP contribution in [-0.4, -0.2) is 22.3 Å². The molecule has 1 aromatic heterocycles. The number of carbonyl (C=O) groups is 1. The van der Waals surface area contributed by atoms with Crippen LogP contribution in [-0.2, 0) is 4.79 Å². The summed E-state index contributed by atoms with van der Waals surface area (Å²) < 4.78 is 17.1. The lowest BCUT2D eigenvalue weighted by molar-refractivity contribution is -0.141. The Bertz CT molecular complexity index is 881. The molecule has 25 heavy (non-hydrogen) atoms. The van der Waals surface area contributed by atoms with Crippen molar-refractivity contribution in [3.8, 4) is 23.0 Å². The highest BCUT2D eigenvalue weighted by Crippen LogP contribution is 2.29. The zero-order valence-electron chi connectivity index (χ0n) is 13.6. The highest BCUT2D eigenvalue weighted by atomic mass is 79.9. The van der Waals surface area contributed by atoms with Crippen molar-refractivity contribution in [1.82, 2.24) is 10.2 Å². The predicted molar refractivity (Wildman–Crippen MR) is 94.3 cm³/mol. The third-order valence-corrected chi connectivity index (χ3v) is 4.03. The minimum atomic E-state index is -0.797. The molecule has 3 aromatic rings. The number of nitrogens with zero attached hydrogens (tertiary/aromatic N) is 2. The zero-order chi connectivity index (χ0) is 17.8. The number of carbonyl (C=O) groups excluding carboxylic acids is 1. The molecule has 0 saturated carbocycles. The summed E-state index contributed by atoms with van der Waals surface area (Å²) in [6.45, 7) is 3.60. The highest BCUT2D eigenvalue weighted by molar-refractivity contribution is 9.10. The van der Waals surface area contributed by atoms with E-state index in [4.69, 9.17) is 13.9 Å². The van der Waals surface area contributed by atoms with Gasteiger partial charge < -0.3 is 13.9 Å². The number of halogens is 1. The first-order valence-electron chi connectivity index (χ1n) is 7.54. The first-order valence-corrected chi connectivity index (χ1v) is 8.34. The minimum absolute atomic E-state index is 0.276. The predicted octanol–water partition coefficient (Wildman–Crippen LogP) is 4.18. The fraction of sp³-hybridized carbons (Fsp3) is 0.167. The van der Waals surface area contributed by atoms with Gasteiger partial charge in [-0.2, -0.15) is 0 Å². The van der Waals surface area contributed by atoms with Gasteiger partial charge in [0.25, 0.3) is 5.89 Å². The molecular weight excluding hydrogens is 388 g/mol. The number of ether oxygens (including phenoxy) is 2. The molecular formula is C18H15BrN2O4. The van der Waals surface area contributed by atoms with E-state index in [1.165, 1.54) is 6.39 Å². The molecule has 0 radical (unpaired) electrons. The summed E-state index contributed by atoms with van der Waals surface area (Å²) in [5.41, 5.74) is 1.63. The van der Waals surface area contributed by atoms with E-state index >= 15 is 0 Å². The number of aromatic nitrogens is 2. The van der Waals surface area contributed by atoms with E-state index in [1.54, 1.807) is 37.3 Å². The number of benzene rings is 2. The SMILES string of the molecule is Cc1ccc(OC(C)C(=O)Oc2ccccc2-c2nnco2)c(Br)c1. The van der Waals surface area contributed by atoms with Crippen LogP contribution in [0.5, 0.6) is 11.5 Å². The van der Waals surface area contributed by atoms with Crippen LogP contribution >= 0.6 is 15.9 Å².